The number of carbonyl (C=O) groups is 1. The van der Waals surface area contributed by atoms with Gasteiger partial charge in [0.1, 0.15) is 5.75 Å². The Labute approximate surface area is 68.7 Å². The molecule has 0 saturated heterocycles. The summed E-state index contributed by atoms with van der Waals surface area (Å²) in [6.07, 6.45) is 0. The van der Waals surface area contributed by atoms with Gasteiger partial charge >= 0.3 is 0 Å². The molecule has 3 nitrogen and oxygen atoms in total. The van der Waals surface area contributed by atoms with Crippen LogP contribution in [0.25, 0.3) is 0 Å². The first-order chi connectivity index (χ1) is 5.24. The monoisotopic (exact) mass is 171 g/mol. The summed E-state index contributed by atoms with van der Waals surface area (Å²) in [5.74, 6) is -0.384. The van der Waals surface area contributed by atoms with Gasteiger partial charge in [-0.25, -0.2) is 0 Å². The third-order valence-electron chi connectivity index (χ3n) is 1.19. The first kappa shape index (κ1) is 7.88. The second-order valence-corrected chi connectivity index (χ2v) is 2.16. The predicted octanol–water partition coefficient (Wildman–Crippen LogP) is 1.28. The molecule has 0 aliphatic rings. The van der Waals surface area contributed by atoms with Crippen LogP contribution in [0.1, 0.15) is 10.4 Å². The quantitative estimate of drug-likeness (QED) is 0.626. The molecule has 0 radical (unpaired) electrons. The number of amides is 1. The lowest BCUT2D eigenvalue weighted by atomic mass is 10.2. The van der Waals surface area contributed by atoms with Gasteiger partial charge in [0.05, 0.1) is 0 Å². The lowest BCUT2D eigenvalue weighted by Crippen LogP contribution is -2.11. The number of hydrogen-bond donors (Lipinski definition) is 2. The summed E-state index contributed by atoms with van der Waals surface area (Å²) >= 11 is 5.06. The van der Waals surface area contributed by atoms with Crippen LogP contribution in [-0.4, -0.2) is 11.0 Å². The number of benzene rings is 1. The summed E-state index contributed by atoms with van der Waals surface area (Å²) in [6, 6.07) is 5.93. The van der Waals surface area contributed by atoms with Crippen LogP contribution in [-0.2, 0) is 0 Å². The van der Waals surface area contributed by atoms with Gasteiger partial charge in [-0.2, -0.15) is 0 Å². The van der Waals surface area contributed by atoms with Gasteiger partial charge in [0.2, 0.25) is 0 Å². The van der Waals surface area contributed by atoms with Crippen molar-refractivity contribution in [2.24, 2.45) is 0 Å². The van der Waals surface area contributed by atoms with Crippen LogP contribution in [0.15, 0.2) is 24.3 Å². The highest BCUT2D eigenvalue weighted by Crippen LogP contribution is 2.10. The minimum atomic E-state index is -0.428. The number of hydrogen-bond acceptors (Lipinski definition) is 2. The number of nitrogens with one attached hydrogen (secondary N) is 1. The van der Waals surface area contributed by atoms with E-state index in [1.165, 1.54) is 12.1 Å². The van der Waals surface area contributed by atoms with Crippen LogP contribution in [0.2, 0.25) is 0 Å². The number of carbonyl (C=O) groups excluding carboxylic acids is 1. The van der Waals surface area contributed by atoms with Crippen LogP contribution >= 0.6 is 11.8 Å². The van der Waals surface area contributed by atoms with E-state index in [1.54, 1.807) is 12.1 Å². The third kappa shape index (κ3) is 1.85. The van der Waals surface area contributed by atoms with Crippen molar-refractivity contribution in [3.05, 3.63) is 29.8 Å². The number of halogens is 1. The van der Waals surface area contributed by atoms with Crippen LogP contribution in [0.3, 0.4) is 0 Å². The standard InChI is InChI=1S/C7H6ClNO2/c8-9-7(11)5-2-1-3-6(10)4-5/h1-4,10H,(H,9,11). The molecule has 0 spiro atoms. The lowest BCUT2D eigenvalue weighted by Gasteiger charge is -1.96. The molecule has 1 aromatic rings. The van der Waals surface area contributed by atoms with Crippen LogP contribution in [0.4, 0.5) is 0 Å². The van der Waals surface area contributed by atoms with E-state index in [1.807, 2.05) is 4.84 Å². The van der Waals surface area contributed by atoms with E-state index >= 15 is 0 Å². The normalized spacial score (nSPS) is 9.18. The van der Waals surface area contributed by atoms with E-state index in [0.29, 0.717) is 5.56 Å². The summed E-state index contributed by atoms with van der Waals surface area (Å²) in [6.45, 7) is 0. The molecule has 11 heavy (non-hydrogen) atoms. The SMILES string of the molecule is O=C(NCl)c1cccc(O)c1. The third-order valence-corrected chi connectivity index (χ3v) is 1.37. The highest BCUT2D eigenvalue weighted by Gasteiger charge is 2.02. The first-order valence-electron chi connectivity index (χ1n) is 2.94. The Morgan fingerprint density at radius 2 is 2.27 bits per heavy atom. The van der Waals surface area contributed by atoms with Crippen LogP contribution in [0.5, 0.6) is 5.75 Å². The van der Waals surface area contributed by atoms with E-state index in [4.69, 9.17) is 16.9 Å². The summed E-state index contributed by atoms with van der Waals surface area (Å²) in [5.41, 5.74) is 0.333. The second-order valence-electron chi connectivity index (χ2n) is 1.97. The topological polar surface area (TPSA) is 49.3 Å². The minimum Gasteiger partial charge on any atom is -0.508 e. The van der Waals surface area contributed by atoms with Crippen molar-refractivity contribution in [2.75, 3.05) is 0 Å². The highest BCUT2D eigenvalue weighted by molar-refractivity contribution is 6.24. The highest BCUT2D eigenvalue weighted by atomic mass is 35.5. The molecular formula is C7H6ClNO2. The molecule has 1 aromatic carbocycles. The number of rotatable bonds is 1. The van der Waals surface area contributed by atoms with Crippen LogP contribution < -0.4 is 4.84 Å². The number of phenols is 1. The molecule has 0 fully saturated rings. The minimum absolute atomic E-state index is 0.0442. The maximum atomic E-state index is 10.8. The maximum absolute atomic E-state index is 10.8. The zero-order chi connectivity index (χ0) is 8.27. The molecule has 2 N–H and O–H groups in total. The number of aromatic hydroxyl groups is 1. The van der Waals surface area contributed by atoms with Gasteiger partial charge in [0.25, 0.3) is 5.91 Å². The second kappa shape index (κ2) is 3.25. The Bertz CT molecular complexity index is 275. The van der Waals surface area contributed by atoms with Gasteiger partial charge < -0.3 is 5.11 Å². The zero-order valence-corrected chi connectivity index (χ0v) is 6.30. The molecule has 0 heterocycles. The summed E-state index contributed by atoms with van der Waals surface area (Å²) in [4.78, 5) is 12.7. The molecule has 58 valence electrons. The van der Waals surface area contributed by atoms with E-state index in [0.717, 1.165) is 0 Å². The van der Waals surface area contributed by atoms with Crippen molar-refractivity contribution in [1.29, 1.82) is 0 Å². The molecule has 0 bridgehead atoms. The first-order valence-corrected chi connectivity index (χ1v) is 3.32. The van der Waals surface area contributed by atoms with Gasteiger partial charge in [-0.1, -0.05) is 6.07 Å². The van der Waals surface area contributed by atoms with Gasteiger partial charge in [0.15, 0.2) is 0 Å². The average molecular weight is 172 g/mol. The Hall–Kier alpha value is -1.22. The Morgan fingerprint density at radius 1 is 1.55 bits per heavy atom. The van der Waals surface area contributed by atoms with E-state index < -0.39 is 5.91 Å². The fourth-order valence-electron chi connectivity index (χ4n) is 0.702. The zero-order valence-electron chi connectivity index (χ0n) is 5.54. The molecule has 0 aliphatic carbocycles. The fraction of sp³-hybridized carbons (Fsp3) is 0. The van der Waals surface area contributed by atoms with E-state index in [-0.39, 0.29) is 5.75 Å². The van der Waals surface area contributed by atoms with E-state index in [9.17, 15) is 4.79 Å². The summed E-state index contributed by atoms with van der Waals surface area (Å²) < 4.78 is 0. The predicted molar refractivity (Wildman–Crippen MR) is 41.4 cm³/mol. The average Bonchev–Trinajstić information content (AvgIpc) is 2.03. The molecule has 0 atom stereocenters. The summed E-state index contributed by atoms with van der Waals surface area (Å²) in [7, 11) is 0. The maximum Gasteiger partial charge on any atom is 0.265 e. The Kier molecular flexibility index (Phi) is 2.33. The molecule has 1 rings (SSSR count). The molecule has 4 heteroatoms. The molecular weight excluding hydrogens is 166 g/mol. The Balaban J connectivity index is 2.96. The molecule has 0 aliphatic heterocycles. The van der Waals surface area contributed by atoms with Crippen molar-refractivity contribution in [1.82, 2.24) is 4.84 Å². The smallest absolute Gasteiger partial charge is 0.265 e. The van der Waals surface area contributed by atoms with Gasteiger partial charge in [-0.05, 0) is 18.2 Å². The molecule has 0 aromatic heterocycles. The van der Waals surface area contributed by atoms with Crippen molar-refractivity contribution < 1.29 is 9.90 Å². The summed E-state index contributed by atoms with van der Waals surface area (Å²) in [5, 5.41) is 8.93. The van der Waals surface area contributed by atoms with Crippen molar-refractivity contribution in [3.8, 4) is 5.75 Å². The van der Waals surface area contributed by atoms with Gasteiger partial charge in [-0.3, -0.25) is 9.63 Å². The van der Waals surface area contributed by atoms with E-state index in [2.05, 4.69) is 0 Å². The van der Waals surface area contributed by atoms with Crippen molar-refractivity contribution in [3.63, 3.8) is 0 Å². The number of phenolic OH excluding ortho intramolecular Hbond substituents is 1. The van der Waals surface area contributed by atoms with Gasteiger partial charge in [-0.15, -0.1) is 0 Å². The fourth-order valence-corrected chi connectivity index (χ4v) is 0.811. The van der Waals surface area contributed by atoms with Crippen LogP contribution in [0, 0.1) is 0 Å². The van der Waals surface area contributed by atoms with Crippen molar-refractivity contribution in [2.45, 2.75) is 0 Å². The molecule has 0 saturated carbocycles. The largest absolute Gasteiger partial charge is 0.508 e. The molecule has 1 amide bonds. The van der Waals surface area contributed by atoms with Crippen molar-refractivity contribution >= 4 is 17.7 Å². The lowest BCUT2D eigenvalue weighted by molar-refractivity contribution is 0.0981. The van der Waals surface area contributed by atoms with Gasteiger partial charge in [0, 0.05) is 17.3 Å². The Morgan fingerprint density at radius 3 is 2.82 bits per heavy atom. The molecule has 0 unspecified atom stereocenters.